The van der Waals surface area contributed by atoms with Crippen LogP contribution in [0.4, 0.5) is 0 Å². The van der Waals surface area contributed by atoms with Gasteiger partial charge in [-0.2, -0.15) is 0 Å². The number of hydrogen-bond donors (Lipinski definition) is 1. The van der Waals surface area contributed by atoms with E-state index in [0.29, 0.717) is 12.8 Å². The van der Waals surface area contributed by atoms with Crippen LogP contribution >= 0.6 is 0 Å². The Labute approximate surface area is 211 Å². The Kier molecular flexibility index (Phi) is 14.5. The van der Waals surface area contributed by atoms with Crippen LogP contribution in [0.1, 0.15) is 104 Å². The van der Waals surface area contributed by atoms with Crippen molar-refractivity contribution in [3.63, 3.8) is 0 Å². The Morgan fingerprint density at radius 1 is 1.09 bits per heavy atom. The highest BCUT2D eigenvalue weighted by Crippen LogP contribution is 2.42. The normalized spacial score (nSPS) is 27.7. The molecule has 0 spiro atoms. The van der Waals surface area contributed by atoms with Gasteiger partial charge in [-0.15, -0.1) is 0 Å². The van der Waals surface area contributed by atoms with Gasteiger partial charge in [-0.1, -0.05) is 57.6 Å². The highest BCUT2D eigenvalue weighted by atomic mass is 16.7. The number of aliphatic hydroxyl groups is 1. The number of methoxy groups -OCH3 is 1. The number of hydrogen-bond acceptors (Lipinski definition) is 7. The van der Waals surface area contributed by atoms with Crippen molar-refractivity contribution < 1.29 is 33.6 Å². The Morgan fingerprint density at radius 3 is 2.57 bits per heavy atom. The second-order valence-electron chi connectivity index (χ2n) is 10.1. The lowest BCUT2D eigenvalue weighted by atomic mass is 9.87. The largest absolute Gasteiger partial charge is 0.469 e. The lowest BCUT2D eigenvalue weighted by Crippen LogP contribution is -2.30. The van der Waals surface area contributed by atoms with Crippen LogP contribution in [0, 0.1) is 11.8 Å². The molecule has 2 aliphatic rings. The van der Waals surface area contributed by atoms with Crippen LogP contribution in [0.3, 0.4) is 0 Å². The van der Waals surface area contributed by atoms with Crippen molar-refractivity contribution in [1.82, 2.24) is 0 Å². The zero-order chi connectivity index (χ0) is 25.5. The van der Waals surface area contributed by atoms with E-state index in [1.807, 2.05) is 6.08 Å². The minimum atomic E-state index is -0.472. The standard InChI is InChI=1S/C28H48O7/c1-4-5-8-13-22(30)17-18-24-23(14-9-6-7-10-15-27(31)32-3)25(34-21(2)29)20-26(24)35-28-16-11-12-19-33-28/h17-18,22-26,28,30H,4-16,19-20H2,1-3H3/t22?,23-,24-,25+,26-,28?/m1/s1. The van der Waals surface area contributed by atoms with Crippen molar-refractivity contribution in [2.45, 2.75) is 128 Å². The number of esters is 2. The summed E-state index contributed by atoms with van der Waals surface area (Å²) in [6.45, 7) is 4.34. The summed E-state index contributed by atoms with van der Waals surface area (Å²) in [4.78, 5) is 23.2. The molecule has 0 aromatic rings. The zero-order valence-electron chi connectivity index (χ0n) is 22.1. The fourth-order valence-electron chi connectivity index (χ4n) is 5.30. The van der Waals surface area contributed by atoms with E-state index < -0.39 is 6.10 Å². The molecule has 0 radical (unpaired) electrons. The third-order valence-corrected chi connectivity index (χ3v) is 7.20. The van der Waals surface area contributed by atoms with Gasteiger partial charge in [-0.05, 0) is 38.5 Å². The highest BCUT2D eigenvalue weighted by molar-refractivity contribution is 5.69. The average Bonchev–Trinajstić information content (AvgIpc) is 3.15. The molecule has 1 heterocycles. The second kappa shape index (κ2) is 17.1. The Hall–Kier alpha value is -1.44. The molecule has 6 atom stereocenters. The Morgan fingerprint density at radius 2 is 1.89 bits per heavy atom. The minimum absolute atomic E-state index is 0.0563. The average molecular weight is 497 g/mol. The third-order valence-electron chi connectivity index (χ3n) is 7.20. The van der Waals surface area contributed by atoms with Crippen LogP contribution in [0.25, 0.3) is 0 Å². The molecule has 2 rings (SSSR count). The lowest BCUT2D eigenvalue weighted by Gasteiger charge is -2.29. The first-order chi connectivity index (χ1) is 16.9. The maximum Gasteiger partial charge on any atom is 0.305 e. The molecule has 202 valence electrons. The predicted octanol–water partition coefficient (Wildman–Crippen LogP) is 5.48. The van der Waals surface area contributed by atoms with Crippen LogP contribution in [0.2, 0.25) is 0 Å². The van der Waals surface area contributed by atoms with Gasteiger partial charge in [0.1, 0.15) is 6.10 Å². The molecule has 0 amide bonds. The van der Waals surface area contributed by atoms with Crippen LogP contribution in [-0.4, -0.2) is 55.4 Å². The molecule has 0 bridgehead atoms. The maximum atomic E-state index is 11.9. The summed E-state index contributed by atoms with van der Waals surface area (Å²) in [5, 5.41) is 10.5. The summed E-state index contributed by atoms with van der Waals surface area (Å²) in [7, 11) is 1.42. The van der Waals surface area contributed by atoms with E-state index in [9.17, 15) is 14.7 Å². The molecule has 1 N–H and O–H groups in total. The minimum Gasteiger partial charge on any atom is -0.469 e. The smallest absolute Gasteiger partial charge is 0.305 e. The summed E-state index contributed by atoms with van der Waals surface area (Å²) < 4.78 is 22.7. The van der Waals surface area contributed by atoms with Gasteiger partial charge in [0.05, 0.1) is 19.3 Å². The summed E-state index contributed by atoms with van der Waals surface area (Å²) in [5.41, 5.74) is 0. The van der Waals surface area contributed by atoms with Crippen LogP contribution in [-0.2, 0) is 28.5 Å². The van der Waals surface area contributed by atoms with E-state index in [0.717, 1.165) is 83.7 Å². The van der Waals surface area contributed by atoms with E-state index in [2.05, 4.69) is 13.0 Å². The number of carbonyl (C=O) groups excluding carboxylic acids is 2. The Balaban J connectivity index is 2.03. The number of carbonyl (C=O) groups is 2. The van der Waals surface area contributed by atoms with Crippen LogP contribution in [0.15, 0.2) is 12.2 Å². The Bertz CT molecular complexity index is 629. The number of aliphatic hydroxyl groups excluding tert-OH is 1. The summed E-state index contributed by atoms with van der Waals surface area (Å²) in [6.07, 6.45) is 15.9. The fraction of sp³-hybridized carbons (Fsp3) is 0.857. The van der Waals surface area contributed by atoms with E-state index in [1.165, 1.54) is 14.0 Å². The number of rotatable bonds is 16. The van der Waals surface area contributed by atoms with Gasteiger partial charge < -0.3 is 24.1 Å². The molecule has 1 aliphatic carbocycles. The summed E-state index contributed by atoms with van der Waals surface area (Å²) >= 11 is 0. The summed E-state index contributed by atoms with van der Waals surface area (Å²) in [5.74, 6) is -0.244. The molecule has 2 fully saturated rings. The maximum absolute atomic E-state index is 11.9. The first-order valence-corrected chi connectivity index (χ1v) is 13.8. The number of ether oxygens (including phenoxy) is 4. The first kappa shape index (κ1) is 29.8. The highest BCUT2D eigenvalue weighted by Gasteiger charge is 2.45. The SMILES string of the molecule is CCCCCC(O)C=C[C@@H]1[C@@H](CCCCCCC(=O)OC)[C@@H](OC(C)=O)C[C@H]1OC1CCCCO1. The molecule has 0 aromatic carbocycles. The van der Waals surface area contributed by atoms with Gasteiger partial charge >= 0.3 is 11.9 Å². The van der Waals surface area contributed by atoms with Gasteiger partial charge in [0, 0.05) is 38.2 Å². The zero-order valence-corrected chi connectivity index (χ0v) is 22.1. The van der Waals surface area contributed by atoms with Crippen LogP contribution < -0.4 is 0 Å². The monoisotopic (exact) mass is 496 g/mol. The second-order valence-corrected chi connectivity index (χ2v) is 10.1. The van der Waals surface area contributed by atoms with E-state index in [1.54, 1.807) is 0 Å². The van der Waals surface area contributed by atoms with Crippen molar-refractivity contribution in [2.75, 3.05) is 13.7 Å². The van der Waals surface area contributed by atoms with E-state index in [-0.39, 0.29) is 42.3 Å². The molecule has 7 nitrogen and oxygen atoms in total. The first-order valence-electron chi connectivity index (χ1n) is 13.8. The third kappa shape index (κ3) is 11.4. The molecule has 1 saturated heterocycles. The summed E-state index contributed by atoms with van der Waals surface area (Å²) in [6, 6.07) is 0. The van der Waals surface area contributed by atoms with Gasteiger partial charge in [0.2, 0.25) is 0 Å². The molecular formula is C28H48O7. The molecule has 7 heteroatoms. The molecular weight excluding hydrogens is 448 g/mol. The topological polar surface area (TPSA) is 91.3 Å². The van der Waals surface area contributed by atoms with Gasteiger partial charge in [-0.3, -0.25) is 9.59 Å². The van der Waals surface area contributed by atoms with Crippen molar-refractivity contribution in [3.05, 3.63) is 12.2 Å². The van der Waals surface area contributed by atoms with Gasteiger partial charge in [0.15, 0.2) is 6.29 Å². The molecule has 1 aliphatic heterocycles. The quantitative estimate of drug-likeness (QED) is 0.172. The number of unbranched alkanes of at least 4 members (excludes halogenated alkanes) is 5. The van der Waals surface area contributed by atoms with Crippen molar-refractivity contribution in [1.29, 1.82) is 0 Å². The van der Waals surface area contributed by atoms with Crippen molar-refractivity contribution in [3.8, 4) is 0 Å². The predicted molar refractivity (Wildman–Crippen MR) is 135 cm³/mol. The van der Waals surface area contributed by atoms with Gasteiger partial charge in [-0.25, -0.2) is 0 Å². The van der Waals surface area contributed by atoms with Crippen molar-refractivity contribution in [2.24, 2.45) is 11.8 Å². The molecule has 2 unspecified atom stereocenters. The lowest BCUT2D eigenvalue weighted by molar-refractivity contribution is -0.193. The fourth-order valence-corrected chi connectivity index (χ4v) is 5.30. The van der Waals surface area contributed by atoms with Gasteiger partial charge in [0.25, 0.3) is 0 Å². The van der Waals surface area contributed by atoms with Crippen molar-refractivity contribution >= 4 is 11.9 Å². The van der Waals surface area contributed by atoms with E-state index >= 15 is 0 Å². The van der Waals surface area contributed by atoms with Crippen LogP contribution in [0.5, 0.6) is 0 Å². The molecule has 0 aromatic heterocycles. The van der Waals surface area contributed by atoms with E-state index in [4.69, 9.17) is 18.9 Å². The molecule has 1 saturated carbocycles. The molecule has 35 heavy (non-hydrogen) atoms.